The van der Waals surface area contributed by atoms with Crippen LogP contribution in [-0.2, 0) is 13.1 Å². The van der Waals surface area contributed by atoms with Crippen LogP contribution in [0.15, 0.2) is 30.7 Å². The van der Waals surface area contributed by atoms with Crippen LogP contribution in [-0.4, -0.2) is 14.5 Å². The number of pyridine rings is 1. The summed E-state index contributed by atoms with van der Waals surface area (Å²) in [5, 5.41) is 3.77. The van der Waals surface area contributed by atoms with E-state index < -0.39 is 0 Å². The van der Waals surface area contributed by atoms with E-state index in [1.807, 2.05) is 18.5 Å². The van der Waals surface area contributed by atoms with Crippen LogP contribution in [0.5, 0.6) is 0 Å². The summed E-state index contributed by atoms with van der Waals surface area (Å²) < 4.78 is 2.15. The highest BCUT2D eigenvalue weighted by Crippen LogP contribution is 2.11. The number of nitrogens with one attached hydrogen (secondary N) is 1. The van der Waals surface area contributed by atoms with Gasteiger partial charge in [-0.2, -0.15) is 0 Å². The van der Waals surface area contributed by atoms with Crippen LogP contribution >= 0.6 is 11.6 Å². The molecule has 0 spiro atoms. The molecule has 1 N–H and O–H groups in total. The first-order valence-corrected chi connectivity index (χ1v) is 6.03. The van der Waals surface area contributed by atoms with Crippen molar-refractivity contribution in [3.05, 3.63) is 41.7 Å². The van der Waals surface area contributed by atoms with E-state index in [4.69, 9.17) is 11.6 Å². The Hall–Kier alpha value is -1.55. The van der Waals surface area contributed by atoms with Gasteiger partial charge in [0.15, 0.2) is 0 Å². The summed E-state index contributed by atoms with van der Waals surface area (Å²) in [5.74, 6) is 1.03. The molecule has 0 saturated heterocycles. The Morgan fingerprint density at radius 2 is 2.24 bits per heavy atom. The molecule has 4 nitrogen and oxygen atoms in total. The molecule has 0 fully saturated rings. The summed E-state index contributed by atoms with van der Waals surface area (Å²) in [4.78, 5) is 8.33. The van der Waals surface area contributed by atoms with E-state index in [2.05, 4.69) is 26.8 Å². The molecular formula is C12H15ClN4. The first kappa shape index (κ1) is 11.9. The van der Waals surface area contributed by atoms with Gasteiger partial charge in [-0.15, -0.1) is 0 Å². The lowest BCUT2D eigenvalue weighted by atomic mass is 10.4. The summed E-state index contributed by atoms with van der Waals surface area (Å²) in [7, 11) is 0. The van der Waals surface area contributed by atoms with Crippen LogP contribution < -0.4 is 5.32 Å². The number of anilines is 1. The number of aromatic nitrogens is 3. The highest BCUT2D eigenvalue weighted by atomic mass is 35.5. The van der Waals surface area contributed by atoms with Gasteiger partial charge in [-0.25, -0.2) is 9.97 Å². The Labute approximate surface area is 106 Å². The van der Waals surface area contributed by atoms with Gasteiger partial charge < -0.3 is 9.88 Å². The standard InChI is InChI=1S/C12H15ClN4/c1-2-6-17-7-5-14-12(17)9-15-10-3-4-11(13)16-8-10/h3-5,7-8,15H,2,6,9H2,1H3. The normalized spacial score (nSPS) is 10.5. The molecule has 2 heterocycles. The van der Waals surface area contributed by atoms with Crippen LogP contribution in [0, 0.1) is 0 Å². The fraction of sp³-hybridized carbons (Fsp3) is 0.333. The van der Waals surface area contributed by atoms with Crippen molar-refractivity contribution in [3.8, 4) is 0 Å². The number of imidazole rings is 1. The van der Waals surface area contributed by atoms with E-state index in [0.29, 0.717) is 11.7 Å². The maximum atomic E-state index is 5.72. The molecule has 2 aromatic heterocycles. The zero-order chi connectivity index (χ0) is 12.1. The Balaban J connectivity index is 1.97. The fourth-order valence-corrected chi connectivity index (χ4v) is 1.73. The molecule has 0 bridgehead atoms. The first-order chi connectivity index (χ1) is 8.29. The van der Waals surface area contributed by atoms with Crippen molar-refractivity contribution < 1.29 is 0 Å². The largest absolute Gasteiger partial charge is 0.377 e. The third-order valence-electron chi connectivity index (χ3n) is 2.44. The molecule has 2 rings (SSSR count). The van der Waals surface area contributed by atoms with E-state index in [9.17, 15) is 0 Å². The number of rotatable bonds is 5. The number of hydrogen-bond acceptors (Lipinski definition) is 3. The highest BCUT2D eigenvalue weighted by Gasteiger charge is 2.01. The topological polar surface area (TPSA) is 42.7 Å². The van der Waals surface area contributed by atoms with Crippen molar-refractivity contribution in [2.75, 3.05) is 5.32 Å². The lowest BCUT2D eigenvalue weighted by Crippen LogP contribution is -2.08. The molecule has 17 heavy (non-hydrogen) atoms. The van der Waals surface area contributed by atoms with Crippen molar-refractivity contribution in [2.24, 2.45) is 0 Å². The van der Waals surface area contributed by atoms with Crippen LogP contribution in [0.3, 0.4) is 0 Å². The minimum absolute atomic E-state index is 0.503. The van der Waals surface area contributed by atoms with Crippen molar-refractivity contribution in [2.45, 2.75) is 26.4 Å². The van der Waals surface area contributed by atoms with Gasteiger partial charge in [-0.1, -0.05) is 18.5 Å². The molecular weight excluding hydrogens is 236 g/mol. The first-order valence-electron chi connectivity index (χ1n) is 5.65. The average Bonchev–Trinajstić information content (AvgIpc) is 2.77. The molecule has 2 aromatic rings. The second-order valence-electron chi connectivity index (χ2n) is 3.76. The molecule has 0 radical (unpaired) electrons. The number of aryl methyl sites for hydroxylation is 1. The Kier molecular flexibility index (Phi) is 3.98. The second-order valence-corrected chi connectivity index (χ2v) is 4.15. The van der Waals surface area contributed by atoms with E-state index in [1.165, 1.54) is 0 Å². The van der Waals surface area contributed by atoms with Gasteiger partial charge in [0.25, 0.3) is 0 Å². The van der Waals surface area contributed by atoms with Crippen LogP contribution in [0.4, 0.5) is 5.69 Å². The maximum absolute atomic E-state index is 5.72. The van der Waals surface area contributed by atoms with Gasteiger partial charge in [0, 0.05) is 18.9 Å². The monoisotopic (exact) mass is 250 g/mol. The molecule has 0 amide bonds. The Morgan fingerprint density at radius 3 is 2.94 bits per heavy atom. The summed E-state index contributed by atoms with van der Waals surface area (Å²) in [6, 6.07) is 3.67. The summed E-state index contributed by atoms with van der Waals surface area (Å²) in [5.41, 5.74) is 0.945. The third-order valence-corrected chi connectivity index (χ3v) is 2.67. The summed E-state index contributed by atoms with van der Waals surface area (Å²) in [6.45, 7) is 3.84. The number of nitrogens with zero attached hydrogens (tertiary/aromatic N) is 3. The molecule has 0 saturated carbocycles. The van der Waals surface area contributed by atoms with Crippen molar-refractivity contribution in [3.63, 3.8) is 0 Å². The smallest absolute Gasteiger partial charge is 0.129 e. The average molecular weight is 251 g/mol. The minimum atomic E-state index is 0.503. The van der Waals surface area contributed by atoms with E-state index in [1.54, 1.807) is 12.3 Å². The van der Waals surface area contributed by atoms with Crippen molar-refractivity contribution in [1.29, 1.82) is 0 Å². The molecule has 0 unspecified atom stereocenters. The number of hydrogen-bond donors (Lipinski definition) is 1. The highest BCUT2D eigenvalue weighted by molar-refractivity contribution is 6.29. The zero-order valence-corrected chi connectivity index (χ0v) is 10.5. The maximum Gasteiger partial charge on any atom is 0.129 e. The predicted molar refractivity (Wildman–Crippen MR) is 69.1 cm³/mol. The van der Waals surface area contributed by atoms with Gasteiger partial charge >= 0.3 is 0 Å². The summed E-state index contributed by atoms with van der Waals surface area (Å²) in [6.07, 6.45) is 6.65. The van der Waals surface area contributed by atoms with Gasteiger partial charge in [0.05, 0.1) is 18.4 Å². The van der Waals surface area contributed by atoms with E-state index in [-0.39, 0.29) is 0 Å². The summed E-state index contributed by atoms with van der Waals surface area (Å²) >= 11 is 5.72. The zero-order valence-electron chi connectivity index (χ0n) is 9.73. The van der Waals surface area contributed by atoms with Gasteiger partial charge in [-0.05, 0) is 18.6 Å². The van der Waals surface area contributed by atoms with Crippen LogP contribution in [0.2, 0.25) is 5.15 Å². The molecule has 0 aromatic carbocycles. The van der Waals surface area contributed by atoms with Crippen molar-refractivity contribution in [1.82, 2.24) is 14.5 Å². The lowest BCUT2D eigenvalue weighted by molar-refractivity contribution is 0.644. The predicted octanol–water partition coefficient (Wildman–Crippen LogP) is 2.95. The van der Waals surface area contributed by atoms with E-state index in [0.717, 1.165) is 24.5 Å². The molecule has 0 aliphatic carbocycles. The van der Waals surface area contributed by atoms with Gasteiger partial charge in [-0.3, -0.25) is 0 Å². The molecule has 0 aliphatic rings. The van der Waals surface area contributed by atoms with Gasteiger partial charge in [0.2, 0.25) is 0 Å². The minimum Gasteiger partial charge on any atom is -0.377 e. The van der Waals surface area contributed by atoms with E-state index >= 15 is 0 Å². The molecule has 0 aliphatic heterocycles. The van der Waals surface area contributed by atoms with Gasteiger partial charge in [0.1, 0.15) is 11.0 Å². The second kappa shape index (κ2) is 5.68. The lowest BCUT2D eigenvalue weighted by Gasteiger charge is -2.08. The fourth-order valence-electron chi connectivity index (χ4n) is 1.61. The van der Waals surface area contributed by atoms with Crippen molar-refractivity contribution >= 4 is 17.3 Å². The quantitative estimate of drug-likeness (QED) is 0.830. The SMILES string of the molecule is CCCn1ccnc1CNc1ccc(Cl)nc1. The molecule has 90 valence electrons. The molecule has 0 atom stereocenters. The van der Waals surface area contributed by atoms with Crippen LogP contribution in [0.25, 0.3) is 0 Å². The number of halogens is 1. The Bertz CT molecular complexity index is 464. The molecule has 5 heteroatoms. The third kappa shape index (κ3) is 3.20. The van der Waals surface area contributed by atoms with Crippen LogP contribution in [0.1, 0.15) is 19.2 Å². The Morgan fingerprint density at radius 1 is 1.35 bits per heavy atom.